The summed E-state index contributed by atoms with van der Waals surface area (Å²) in [5.41, 5.74) is 0.960. The Morgan fingerprint density at radius 3 is 2.67 bits per heavy atom. The number of benzene rings is 1. The van der Waals surface area contributed by atoms with Gasteiger partial charge in [-0.3, -0.25) is 0 Å². The van der Waals surface area contributed by atoms with Crippen molar-refractivity contribution in [1.82, 2.24) is 0 Å². The van der Waals surface area contributed by atoms with E-state index >= 15 is 0 Å². The summed E-state index contributed by atoms with van der Waals surface area (Å²) in [6.07, 6.45) is 1.51. The predicted octanol–water partition coefficient (Wildman–Crippen LogP) is 5.02. The van der Waals surface area contributed by atoms with Gasteiger partial charge in [-0.1, -0.05) is 29.3 Å². The fourth-order valence-corrected chi connectivity index (χ4v) is 3.76. The van der Waals surface area contributed by atoms with Crippen molar-refractivity contribution >= 4 is 31.5 Å². The molecule has 0 heterocycles. The van der Waals surface area contributed by atoms with Crippen LogP contribution in [0.5, 0.6) is 0 Å². The van der Waals surface area contributed by atoms with E-state index in [0.717, 1.165) is 18.0 Å². The third-order valence-electron chi connectivity index (χ3n) is 2.70. The lowest BCUT2D eigenvalue weighted by atomic mass is 10.2. The molecule has 0 aliphatic carbocycles. The fourth-order valence-electron chi connectivity index (χ4n) is 1.58. The second-order valence-electron chi connectivity index (χ2n) is 4.80. The van der Waals surface area contributed by atoms with Crippen LogP contribution in [0.2, 0.25) is 29.2 Å². The minimum Gasteiger partial charge on any atom is -0.413 e. The molecule has 0 saturated heterocycles. The van der Waals surface area contributed by atoms with Crippen molar-refractivity contribution < 1.29 is 4.43 Å². The van der Waals surface area contributed by atoms with Gasteiger partial charge in [-0.25, -0.2) is 0 Å². The van der Waals surface area contributed by atoms with E-state index in [1.165, 1.54) is 0 Å². The summed E-state index contributed by atoms with van der Waals surface area (Å²) in [4.78, 5) is 0. The zero-order chi connectivity index (χ0) is 13.6. The molecule has 1 rings (SSSR count). The largest absolute Gasteiger partial charge is 0.413 e. The van der Waals surface area contributed by atoms with Crippen molar-refractivity contribution in [3.05, 3.63) is 33.8 Å². The third-order valence-corrected chi connectivity index (χ3v) is 5.77. The van der Waals surface area contributed by atoms with Gasteiger partial charge in [0, 0.05) is 16.5 Å². The summed E-state index contributed by atoms with van der Waals surface area (Å²) in [6.45, 7) is 4.84. The molecule has 98 valence electrons. The summed E-state index contributed by atoms with van der Waals surface area (Å²) in [5, 5.41) is 9.80. The lowest BCUT2D eigenvalue weighted by molar-refractivity contribution is 0.294. The highest BCUT2D eigenvalue weighted by Crippen LogP contribution is 2.24. The molecule has 0 bridgehead atoms. The smallest absolute Gasteiger partial charge is 0.187 e. The van der Waals surface area contributed by atoms with E-state index in [9.17, 15) is 0 Å². The number of halogens is 2. The lowest BCUT2D eigenvalue weighted by Gasteiger charge is -2.22. The number of rotatable bonds is 6. The van der Waals surface area contributed by atoms with Gasteiger partial charge in [0.25, 0.3) is 0 Å². The summed E-state index contributed by atoms with van der Waals surface area (Å²) < 4.78 is 5.98. The molecule has 5 heteroatoms. The first-order valence-electron chi connectivity index (χ1n) is 5.89. The van der Waals surface area contributed by atoms with Crippen molar-refractivity contribution in [3.8, 4) is 6.07 Å². The van der Waals surface area contributed by atoms with Crippen LogP contribution in [0.3, 0.4) is 0 Å². The van der Waals surface area contributed by atoms with Crippen LogP contribution in [0, 0.1) is 11.3 Å². The Hall–Kier alpha value is -0.533. The predicted molar refractivity (Wildman–Crippen MR) is 78.4 cm³/mol. The fraction of sp³-hybridized carbons (Fsp3) is 0.462. The minimum atomic E-state index is -1.70. The van der Waals surface area contributed by atoms with Crippen LogP contribution in [0.4, 0.5) is 0 Å². The van der Waals surface area contributed by atoms with Gasteiger partial charge in [-0.15, -0.1) is 0 Å². The van der Waals surface area contributed by atoms with Crippen LogP contribution in [0.1, 0.15) is 18.4 Å². The van der Waals surface area contributed by atoms with Crippen molar-refractivity contribution in [1.29, 1.82) is 5.26 Å². The Labute approximate surface area is 120 Å². The number of hydrogen-bond donors (Lipinski definition) is 0. The summed E-state index contributed by atoms with van der Waals surface area (Å²) in [5.74, 6) is 0. The Morgan fingerprint density at radius 2 is 2.06 bits per heavy atom. The molecule has 0 radical (unpaired) electrons. The Bertz CT molecular complexity index is 443. The highest BCUT2D eigenvalue weighted by Gasteiger charge is 2.22. The summed E-state index contributed by atoms with van der Waals surface area (Å²) >= 11 is 11.9. The number of nitriles is 1. The maximum absolute atomic E-state index is 8.53. The molecule has 1 aromatic carbocycles. The van der Waals surface area contributed by atoms with Gasteiger partial charge >= 0.3 is 0 Å². The number of hydrogen-bond acceptors (Lipinski definition) is 2. The van der Waals surface area contributed by atoms with Gasteiger partial charge in [-0.05, 0) is 43.3 Å². The van der Waals surface area contributed by atoms with Crippen LogP contribution in [-0.4, -0.2) is 8.32 Å². The molecule has 0 amide bonds. The molecule has 0 atom stereocenters. The van der Waals surface area contributed by atoms with Crippen LogP contribution in [0.15, 0.2) is 18.2 Å². The Morgan fingerprint density at radius 1 is 1.33 bits per heavy atom. The van der Waals surface area contributed by atoms with E-state index in [2.05, 4.69) is 19.2 Å². The van der Waals surface area contributed by atoms with Crippen molar-refractivity contribution in [2.24, 2.45) is 0 Å². The first kappa shape index (κ1) is 15.5. The standard InChI is InChI=1S/C13H17Cl2NOSi/c1-18(2,8-4-3-7-16)17-10-11-5-6-12(14)9-13(11)15/h5-6,9H,3-4,8,10H2,1-2H3. The average molecular weight is 302 g/mol. The van der Waals surface area contributed by atoms with Gasteiger partial charge in [-0.2, -0.15) is 5.26 Å². The molecule has 18 heavy (non-hydrogen) atoms. The molecule has 0 aliphatic rings. The van der Waals surface area contributed by atoms with Crippen molar-refractivity contribution in [2.45, 2.75) is 38.6 Å². The molecule has 0 aliphatic heterocycles. The summed E-state index contributed by atoms with van der Waals surface area (Å²) in [7, 11) is -1.70. The number of nitrogens with zero attached hydrogens (tertiary/aromatic N) is 1. The zero-order valence-electron chi connectivity index (χ0n) is 10.7. The van der Waals surface area contributed by atoms with Crippen LogP contribution >= 0.6 is 23.2 Å². The van der Waals surface area contributed by atoms with Gasteiger partial charge in [0.2, 0.25) is 0 Å². The van der Waals surface area contributed by atoms with E-state index in [0.29, 0.717) is 23.1 Å². The molecule has 1 aromatic rings. The second-order valence-corrected chi connectivity index (χ2v) is 9.95. The highest BCUT2D eigenvalue weighted by atomic mass is 35.5. The first-order chi connectivity index (χ1) is 8.44. The van der Waals surface area contributed by atoms with E-state index in [-0.39, 0.29) is 0 Å². The number of unbranched alkanes of at least 4 members (excludes halogenated alkanes) is 1. The molecule has 0 N–H and O–H groups in total. The normalized spacial score (nSPS) is 11.3. The maximum atomic E-state index is 8.53. The highest BCUT2D eigenvalue weighted by molar-refractivity contribution is 6.71. The van der Waals surface area contributed by atoms with Gasteiger partial charge < -0.3 is 4.43 Å². The quantitative estimate of drug-likeness (QED) is 0.546. The Kier molecular flexibility index (Phi) is 6.17. The minimum absolute atomic E-state index is 0.516. The molecule has 2 nitrogen and oxygen atoms in total. The van der Waals surface area contributed by atoms with Crippen LogP contribution in [0.25, 0.3) is 0 Å². The van der Waals surface area contributed by atoms with E-state index in [1.54, 1.807) is 6.07 Å². The van der Waals surface area contributed by atoms with Gasteiger partial charge in [0.15, 0.2) is 8.32 Å². The molecular formula is C13H17Cl2NOSi. The first-order valence-corrected chi connectivity index (χ1v) is 9.76. The monoisotopic (exact) mass is 301 g/mol. The average Bonchev–Trinajstić information content (AvgIpc) is 2.28. The molecule has 0 saturated carbocycles. The van der Waals surface area contributed by atoms with Crippen LogP contribution in [-0.2, 0) is 11.0 Å². The van der Waals surface area contributed by atoms with Crippen molar-refractivity contribution in [2.75, 3.05) is 0 Å². The molecule has 0 spiro atoms. The SMILES string of the molecule is C[Si](C)(CCCC#N)OCc1ccc(Cl)cc1Cl. The lowest BCUT2D eigenvalue weighted by Crippen LogP contribution is -2.29. The van der Waals surface area contributed by atoms with Gasteiger partial charge in [0.1, 0.15) is 0 Å². The van der Waals surface area contributed by atoms with Crippen LogP contribution < -0.4 is 0 Å². The van der Waals surface area contributed by atoms with E-state index in [1.807, 2.05) is 12.1 Å². The Balaban J connectivity index is 2.51. The van der Waals surface area contributed by atoms with Gasteiger partial charge in [0.05, 0.1) is 12.7 Å². The molecule has 0 fully saturated rings. The topological polar surface area (TPSA) is 33.0 Å². The summed E-state index contributed by atoms with van der Waals surface area (Å²) in [6, 6.07) is 8.59. The molecule has 0 unspecified atom stereocenters. The molecular weight excluding hydrogens is 285 g/mol. The molecule has 0 aromatic heterocycles. The third kappa shape index (κ3) is 5.41. The second kappa shape index (κ2) is 7.15. The maximum Gasteiger partial charge on any atom is 0.187 e. The zero-order valence-corrected chi connectivity index (χ0v) is 13.2. The van der Waals surface area contributed by atoms with Crippen molar-refractivity contribution in [3.63, 3.8) is 0 Å². The van der Waals surface area contributed by atoms with E-state index < -0.39 is 8.32 Å². The van der Waals surface area contributed by atoms with E-state index in [4.69, 9.17) is 32.9 Å².